The molecule has 0 aromatic rings. The molecule has 13 heteroatoms. The summed E-state index contributed by atoms with van der Waals surface area (Å²) in [6.07, 6.45) is -2.21. The molecule has 1 heterocycles. The van der Waals surface area contributed by atoms with Gasteiger partial charge < -0.3 is 34.3 Å². The zero-order valence-electron chi connectivity index (χ0n) is 20.4. The van der Waals surface area contributed by atoms with Gasteiger partial charge in [-0.15, -0.1) is 0 Å². The van der Waals surface area contributed by atoms with E-state index < -0.39 is 71.2 Å². The molecule has 1 rings (SSSR count). The Labute approximate surface area is 206 Å². The van der Waals surface area contributed by atoms with E-state index in [1.165, 1.54) is 6.42 Å². The van der Waals surface area contributed by atoms with E-state index in [-0.39, 0.29) is 19.4 Å². The smallest absolute Gasteiger partial charge is 0.306 e. The van der Waals surface area contributed by atoms with E-state index in [9.17, 15) is 33.3 Å². The maximum absolute atomic E-state index is 12.3. The molecule has 1 fully saturated rings. The van der Waals surface area contributed by atoms with Gasteiger partial charge in [-0.05, 0) is 6.42 Å². The summed E-state index contributed by atoms with van der Waals surface area (Å²) in [5, 5.41) is 30.1. The molecule has 0 amide bonds. The van der Waals surface area contributed by atoms with E-state index in [1.807, 2.05) is 0 Å². The summed E-state index contributed by atoms with van der Waals surface area (Å²) in [5.41, 5.74) is 0. The van der Waals surface area contributed by atoms with Crippen LogP contribution in [0.1, 0.15) is 71.6 Å². The summed E-state index contributed by atoms with van der Waals surface area (Å²) >= 11 is 0. The molecule has 1 saturated heterocycles. The molecule has 4 N–H and O–H groups in total. The van der Waals surface area contributed by atoms with Gasteiger partial charge in [0.15, 0.2) is 12.4 Å². The lowest BCUT2D eigenvalue weighted by Gasteiger charge is -2.40. The van der Waals surface area contributed by atoms with Crippen LogP contribution < -0.4 is 0 Å². The van der Waals surface area contributed by atoms with E-state index in [1.54, 1.807) is 6.92 Å². The van der Waals surface area contributed by atoms with Crippen LogP contribution in [0.3, 0.4) is 0 Å². The third-order valence-electron chi connectivity index (χ3n) is 5.49. The summed E-state index contributed by atoms with van der Waals surface area (Å²) in [7, 11) is -4.57. The van der Waals surface area contributed by atoms with Crippen LogP contribution in [0.25, 0.3) is 0 Å². The predicted molar refractivity (Wildman–Crippen MR) is 123 cm³/mol. The van der Waals surface area contributed by atoms with Gasteiger partial charge in [-0.1, -0.05) is 52.4 Å². The van der Waals surface area contributed by atoms with Crippen molar-refractivity contribution in [3.63, 3.8) is 0 Å². The lowest BCUT2D eigenvalue weighted by Crippen LogP contribution is -2.60. The summed E-state index contributed by atoms with van der Waals surface area (Å²) in [5.74, 6) is -2.09. The predicted octanol–water partition coefficient (Wildman–Crippen LogP) is 0.704. The molecule has 206 valence electrons. The van der Waals surface area contributed by atoms with Gasteiger partial charge >= 0.3 is 11.9 Å². The van der Waals surface area contributed by atoms with Gasteiger partial charge in [0.25, 0.3) is 10.1 Å². The fourth-order valence-corrected chi connectivity index (χ4v) is 4.17. The van der Waals surface area contributed by atoms with Crippen molar-refractivity contribution in [2.45, 2.75) is 108 Å². The van der Waals surface area contributed by atoms with E-state index in [2.05, 4.69) is 6.92 Å². The van der Waals surface area contributed by atoms with Gasteiger partial charge in [0, 0.05) is 12.8 Å². The van der Waals surface area contributed by atoms with Crippen LogP contribution in [0.2, 0.25) is 0 Å². The second-order valence-corrected chi connectivity index (χ2v) is 10.1. The van der Waals surface area contributed by atoms with Crippen molar-refractivity contribution in [3.05, 3.63) is 0 Å². The van der Waals surface area contributed by atoms with Crippen LogP contribution in [-0.4, -0.2) is 96.0 Å². The summed E-state index contributed by atoms with van der Waals surface area (Å²) in [6, 6.07) is 0. The monoisotopic (exact) mass is 528 g/mol. The fraction of sp³-hybridized carbons (Fsp3) is 0.909. The number of carbonyl (C=O) groups excluding carboxylic acids is 2. The minimum atomic E-state index is -4.57. The number of unbranched alkanes of at least 4 members (excludes halogenated alkanes) is 6. The molecule has 1 aliphatic rings. The van der Waals surface area contributed by atoms with E-state index >= 15 is 0 Å². The Morgan fingerprint density at radius 3 is 2.11 bits per heavy atom. The number of aliphatic hydroxyl groups is 3. The fourth-order valence-electron chi connectivity index (χ4n) is 3.48. The van der Waals surface area contributed by atoms with Crippen molar-refractivity contribution in [1.82, 2.24) is 0 Å². The molecular weight excluding hydrogens is 488 g/mol. The van der Waals surface area contributed by atoms with Crippen molar-refractivity contribution in [1.29, 1.82) is 0 Å². The summed E-state index contributed by atoms with van der Waals surface area (Å²) < 4.78 is 52.3. The maximum Gasteiger partial charge on any atom is 0.306 e. The number of ether oxygens (including phenoxy) is 4. The van der Waals surface area contributed by atoms with Crippen molar-refractivity contribution in [3.8, 4) is 0 Å². The number of hydrogen-bond donors (Lipinski definition) is 4. The Kier molecular flexibility index (Phi) is 14.8. The first-order valence-corrected chi connectivity index (χ1v) is 13.7. The molecule has 0 aliphatic carbocycles. The highest BCUT2D eigenvalue weighted by atomic mass is 32.2. The lowest BCUT2D eigenvalue weighted by molar-refractivity contribution is -0.297. The second-order valence-electron chi connectivity index (χ2n) is 8.62. The molecule has 1 aliphatic heterocycles. The number of hydrogen-bond acceptors (Lipinski definition) is 11. The highest BCUT2D eigenvalue weighted by Gasteiger charge is 2.45. The van der Waals surface area contributed by atoms with Crippen LogP contribution in [0.4, 0.5) is 0 Å². The molecule has 12 nitrogen and oxygen atoms in total. The van der Waals surface area contributed by atoms with Crippen molar-refractivity contribution >= 4 is 22.1 Å². The Hall–Kier alpha value is -1.35. The van der Waals surface area contributed by atoms with Gasteiger partial charge in [0.1, 0.15) is 36.8 Å². The first-order valence-electron chi connectivity index (χ1n) is 12.1. The number of esters is 2. The van der Waals surface area contributed by atoms with E-state index in [4.69, 9.17) is 23.5 Å². The number of aliphatic hydroxyl groups excluding tert-OH is 3. The minimum absolute atomic E-state index is 0.103. The van der Waals surface area contributed by atoms with E-state index in [0.29, 0.717) is 6.42 Å². The number of rotatable bonds is 17. The zero-order chi connectivity index (χ0) is 26.4. The molecule has 6 atom stereocenters. The Balaban J connectivity index is 2.63. The average Bonchev–Trinajstić information content (AvgIpc) is 2.80. The third-order valence-corrected chi connectivity index (χ3v) is 6.24. The maximum atomic E-state index is 12.3. The van der Waals surface area contributed by atoms with Gasteiger partial charge in [-0.3, -0.25) is 14.1 Å². The largest absolute Gasteiger partial charge is 0.462 e. The lowest BCUT2D eigenvalue weighted by atomic mass is 10.00. The molecular formula is C22H40O12S. The van der Waals surface area contributed by atoms with Crippen molar-refractivity contribution < 1.29 is 56.8 Å². The molecule has 0 bridgehead atoms. The molecule has 0 radical (unpaired) electrons. The Morgan fingerprint density at radius 1 is 0.886 bits per heavy atom. The van der Waals surface area contributed by atoms with Crippen molar-refractivity contribution in [2.75, 3.05) is 19.0 Å². The van der Waals surface area contributed by atoms with Gasteiger partial charge in [0.05, 0.1) is 6.61 Å². The molecule has 0 unspecified atom stereocenters. The van der Waals surface area contributed by atoms with E-state index in [0.717, 1.165) is 32.1 Å². The first kappa shape index (κ1) is 31.7. The standard InChI is InChI=1S/C22H40O12S/c1-3-5-6-7-8-9-10-11-18(24)33-15(12-31-17(23)4-2)13-32-22-21(27)20(26)19(25)16(34-22)14-35(28,29)30/h15-16,19-22,25-27H,3-14H2,1-2H3,(H,28,29,30)/t15-,16-,19-,20+,21-,22-/m1/s1. The van der Waals surface area contributed by atoms with Gasteiger partial charge in [-0.25, -0.2) is 0 Å². The SMILES string of the molecule is CCCCCCCCCC(=O)O[C@H](COC(=O)CC)CO[C@@H]1O[C@H](CS(=O)(=O)O)[C@@H](O)[C@H](O)[C@H]1O. The number of carbonyl (C=O) groups is 2. The second kappa shape index (κ2) is 16.4. The van der Waals surface area contributed by atoms with Gasteiger partial charge in [0.2, 0.25) is 0 Å². The van der Waals surface area contributed by atoms with Crippen LogP contribution in [-0.2, 0) is 38.7 Å². The molecule has 0 aromatic carbocycles. The molecule has 0 saturated carbocycles. The molecule has 0 spiro atoms. The Bertz CT molecular complexity index is 728. The highest BCUT2D eigenvalue weighted by Crippen LogP contribution is 2.23. The van der Waals surface area contributed by atoms with Crippen molar-refractivity contribution in [2.24, 2.45) is 0 Å². The first-order chi connectivity index (χ1) is 16.5. The molecule has 0 aromatic heterocycles. The normalized spacial score (nSPS) is 25.7. The average molecular weight is 529 g/mol. The van der Waals surface area contributed by atoms with Gasteiger partial charge in [-0.2, -0.15) is 8.42 Å². The summed E-state index contributed by atoms with van der Waals surface area (Å²) in [6.45, 7) is 2.99. The highest BCUT2D eigenvalue weighted by molar-refractivity contribution is 7.85. The molecule has 35 heavy (non-hydrogen) atoms. The third kappa shape index (κ3) is 13.0. The van der Waals surface area contributed by atoms with Crippen LogP contribution >= 0.6 is 0 Å². The van der Waals surface area contributed by atoms with Crippen LogP contribution in [0, 0.1) is 0 Å². The topological polar surface area (TPSA) is 186 Å². The Morgan fingerprint density at radius 2 is 1.51 bits per heavy atom. The minimum Gasteiger partial charge on any atom is -0.462 e. The zero-order valence-corrected chi connectivity index (χ0v) is 21.2. The summed E-state index contributed by atoms with van der Waals surface area (Å²) in [4.78, 5) is 23.8. The van der Waals surface area contributed by atoms with Crippen LogP contribution in [0.5, 0.6) is 0 Å². The quantitative estimate of drug-likeness (QED) is 0.118. The van der Waals surface area contributed by atoms with Crippen LogP contribution in [0.15, 0.2) is 0 Å².